The number of hydrogen-bond donors (Lipinski definition) is 2. The molecule has 2 atom stereocenters. The van der Waals surface area contributed by atoms with E-state index in [0.29, 0.717) is 0 Å². The summed E-state index contributed by atoms with van der Waals surface area (Å²) in [6.07, 6.45) is 0.300. The lowest BCUT2D eigenvalue weighted by Gasteiger charge is -2.35. The second kappa shape index (κ2) is 7.59. The van der Waals surface area contributed by atoms with Crippen molar-refractivity contribution in [1.29, 1.82) is 0 Å². The quantitative estimate of drug-likeness (QED) is 0.623. The average molecular weight is 330 g/mol. The van der Waals surface area contributed by atoms with Gasteiger partial charge in [-0.2, -0.15) is 0 Å². The van der Waals surface area contributed by atoms with Crippen LogP contribution in [0.3, 0.4) is 0 Å². The summed E-state index contributed by atoms with van der Waals surface area (Å²) in [5.41, 5.74) is -2.87. The Kier molecular flexibility index (Phi) is 7.54. The highest BCUT2D eigenvalue weighted by molar-refractivity contribution is 8.68. The molecule has 0 saturated carbocycles. The highest BCUT2D eigenvalue weighted by Gasteiger charge is 2.51. The smallest absolute Gasteiger partial charge is 0.321 e. The normalized spacial score (nSPS) is 16.6. The summed E-state index contributed by atoms with van der Waals surface area (Å²) in [5.74, 6) is -3.43. The Balaban J connectivity index is 5.72. The van der Waals surface area contributed by atoms with Gasteiger partial charge in [-0.3, -0.25) is 9.59 Å². The number of hydrogen-bond acceptors (Lipinski definition) is 6. The maximum atomic E-state index is 11.6. The molecule has 0 spiro atoms. The van der Waals surface area contributed by atoms with Gasteiger partial charge in [-0.05, 0) is 24.6 Å². The summed E-state index contributed by atoms with van der Waals surface area (Å²) in [4.78, 5) is 23.0. The lowest BCUT2D eigenvalue weighted by Crippen LogP contribution is -2.45. The van der Waals surface area contributed by atoms with Crippen LogP contribution in [0.5, 0.6) is 0 Å². The van der Waals surface area contributed by atoms with E-state index in [1.165, 1.54) is 14.2 Å². The molecule has 9 heteroatoms. The second-order valence-electron chi connectivity index (χ2n) is 3.75. The Bertz CT molecular complexity index is 380. The van der Waals surface area contributed by atoms with Crippen LogP contribution in [0.1, 0.15) is 26.7 Å². The molecule has 6 nitrogen and oxygen atoms in total. The molecule has 0 aromatic carbocycles. The molecule has 19 heavy (non-hydrogen) atoms. The molecule has 0 amide bonds. The van der Waals surface area contributed by atoms with E-state index in [4.69, 9.17) is 20.9 Å². The topological polar surface area (TPSA) is 93.1 Å². The van der Waals surface area contributed by atoms with E-state index in [2.05, 4.69) is 0 Å². The van der Waals surface area contributed by atoms with Crippen molar-refractivity contribution in [2.45, 2.75) is 31.4 Å². The van der Waals surface area contributed by atoms with Crippen molar-refractivity contribution in [1.82, 2.24) is 0 Å². The first kappa shape index (κ1) is 18.9. The Morgan fingerprint density at radius 1 is 1.32 bits per heavy atom. The fourth-order valence-corrected chi connectivity index (χ4v) is 6.91. The van der Waals surface area contributed by atoms with Crippen molar-refractivity contribution in [2.75, 3.05) is 14.2 Å². The van der Waals surface area contributed by atoms with Crippen LogP contribution in [0.25, 0.3) is 0 Å². The number of carboxylic acids is 2. The predicted octanol–water partition coefficient (Wildman–Crippen LogP) is 2.58. The number of carbonyl (C=O) groups is 2. The minimum Gasteiger partial charge on any atom is -0.481 e. The average Bonchev–Trinajstić information content (AvgIpc) is 2.37. The molecule has 112 valence electrons. The second-order valence-corrected chi connectivity index (χ2v) is 10.4. The minimum absolute atomic E-state index is 0.114. The monoisotopic (exact) mass is 330 g/mol. The molecule has 2 unspecified atom stereocenters. The lowest BCUT2D eigenvalue weighted by atomic mass is 9.87. The Morgan fingerprint density at radius 2 is 1.79 bits per heavy atom. The molecule has 0 aliphatic carbocycles. The summed E-state index contributed by atoms with van der Waals surface area (Å²) in [5, 5.41) is 18.8. The van der Waals surface area contributed by atoms with E-state index in [1.807, 2.05) is 0 Å². The standard InChI is InChI=1S/C10H19O6PS2/c1-5-7(8(11)12)10(6-2,9(13)14)19-17(18,15-3)16-4/h7H,5-6H2,1-4H3,(H,11,12)(H,13,14). The largest absolute Gasteiger partial charge is 0.481 e. The molecule has 0 aromatic heterocycles. The Labute approximate surface area is 121 Å². The number of aliphatic carboxylic acids is 2. The predicted molar refractivity (Wildman–Crippen MR) is 78.0 cm³/mol. The van der Waals surface area contributed by atoms with Crippen LogP contribution in [0.4, 0.5) is 0 Å². The summed E-state index contributed by atoms with van der Waals surface area (Å²) in [6, 6.07) is 0. The van der Waals surface area contributed by atoms with E-state index in [9.17, 15) is 19.8 Å². The van der Waals surface area contributed by atoms with Gasteiger partial charge >= 0.3 is 11.9 Å². The first-order chi connectivity index (χ1) is 8.72. The Morgan fingerprint density at radius 3 is 2.00 bits per heavy atom. The van der Waals surface area contributed by atoms with Gasteiger partial charge in [0.05, 0.1) is 5.92 Å². The van der Waals surface area contributed by atoms with Gasteiger partial charge in [0.25, 0.3) is 0 Å². The van der Waals surface area contributed by atoms with Crippen molar-refractivity contribution in [3.63, 3.8) is 0 Å². The molecule has 0 aromatic rings. The first-order valence-corrected chi connectivity index (χ1v) is 9.67. The van der Waals surface area contributed by atoms with Gasteiger partial charge in [0.1, 0.15) is 4.75 Å². The van der Waals surface area contributed by atoms with E-state index in [1.54, 1.807) is 13.8 Å². The van der Waals surface area contributed by atoms with Gasteiger partial charge in [0.2, 0.25) is 5.69 Å². The minimum atomic E-state index is -2.87. The van der Waals surface area contributed by atoms with E-state index in [0.717, 1.165) is 11.4 Å². The van der Waals surface area contributed by atoms with Crippen LogP contribution >= 0.6 is 17.1 Å². The zero-order valence-electron chi connectivity index (χ0n) is 11.3. The van der Waals surface area contributed by atoms with Gasteiger partial charge in [-0.25, -0.2) is 0 Å². The molecule has 0 heterocycles. The van der Waals surface area contributed by atoms with Gasteiger partial charge in [0, 0.05) is 14.2 Å². The van der Waals surface area contributed by atoms with Gasteiger partial charge < -0.3 is 19.3 Å². The molecular formula is C10H19O6PS2. The SMILES string of the molecule is CCC(C(=O)O)C(CC)(SP(=S)(OC)OC)C(=O)O. The third-order valence-corrected chi connectivity index (χ3v) is 9.18. The number of carboxylic acid groups (broad SMARTS) is 2. The van der Waals surface area contributed by atoms with Crippen LogP contribution in [0.15, 0.2) is 0 Å². The van der Waals surface area contributed by atoms with E-state index < -0.39 is 28.3 Å². The van der Waals surface area contributed by atoms with Crippen molar-refractivity contribution < 1.29 is 28.8 Å². The molecule has 0 aliphatic rings. The van der Waals surface area contributed by atoms with Gasteiger partial charge in [0.15, 0.2) is 0 Å². The molecule has 0 bridgehead atoms. The first-order valence-electron chi connectivity index (χ1n) is 5.61. The fraction of sp³-hybridized carbons (Fsp3) is 0.800. The van der Waals surface area contributed by atoms with Crippen LogP contribution in [-0.2, 0) is 30.4 Å². The molecule has 0 fully saturated rings. The molecule has 0 aliphatic heterocycles. The third kappa shape index (κ3) is 4.16. The Hall–Kier alpha value is -0.140. The molecular weight excluding hydrogens is 311 g/mol. The van der Waals surface area contributed by atoms with Crippen molar-refractivity contribution in [3.8, 4) is 0 Å². The van der Waals surface area contributed by atoms with Gasteiger partial charge in [-0.1, -0.05) is 25.2 Å². The van der Waals surface area contributed by atoms with Crippen LogP contribution < -0.4 is 0 Å². The van der Waals surface area contributed by atoms with Crippen molar-refractivity contribution in [3.05, 3.63) is 0 Å². The summed E-state index contributed by atoms with van der Waals surface area (Å²) < 4.78 is 8.61. The van der Waals surface area contributed by atoms with Crippen LogP contribution in [0, 0.1) is 5.92 Å². The van der Waals surface area contributed by atoms with Crippen LogP contribution in [0.2, 0.25) is 0 Å². The molecule has 0 rings (SSSR count). The zero-order chi connectivity index (χ0) is 15.3. The summed E-state index contributed by atoms with van der Waals surface area (Å²) in [6.45, 7) is 3.26. The molecule has 0 saturated heterocycles. The van der Waals surface area contributed by atoms with Gasteiger partial charge in [-0.15, -0.1) is 0 Å². The van der Waals surface area contributed by atoms with Crippen LogP contribution in [-0.4, -0.2) is 41.1 Å². The number of rotatable bonds is 9. The molecule has 0 radical (unpaired) electrons. The van der Waals surface area contributed by atoms with E-state index in [-0.39, 0.29) is 12.8 Å². The third-order valence-electron chi connectivity index (χ3n) is 2.88. The van der Waals surface area contributed by atoms with Crippen molar-refractivity contribution >= 4 is 40.8 Å². The zero-order valence-corrected chi connectivity index (χ0v) is 13.8. The molecule has 2 N–H and O–H groups in total. The maximum absolute atomic E-state index is 11.6. The lowest BCUT2D eigenvalue weighted by molar-refractivity contribution is -0.151. The van der Waals surface area contributed by atoms with Crippen molar-refractivity contribution in [2.24, 2.45) is 5.92 Å². The highest BCUT2D eigenvalue weighted by Crippen LogP contribution is 2.67. The fourth-order valence-electron chi connectivity index (χ4n) is 1.77. The summed E-state index contributed by atoms with van der Waals surface area (Å²) in [7, 11) is 2.67. The maximum Gasteiger partial charge on any atom is 0.321 e. The van der Waals surface area contributed by atoms with E-state index >= 15 is 0 Å². The highest BCUT2D eigenvalue weighted by atomic mass is 32.9. The summed E-state index contributed by atoms with van der Waals surface area (Å²) >= 11 is 5.97.